The van der Waals surface area contributed by atoms with E-state index < -0.39 is 12.1 Å². The van der Waals surface area contributed by atoms with Gasteiger partial charge in [-0.15, -0.1) is 0 Å². The van der Waals surface area contributed by atoms with Crippen molar-refractivity contribution in [2.24, 2.45) is 44.8 Å². The summed E-state index contributed by atoms with van der Waals surface area (Å²) in [5.41, 5.74) is 29.0. The minimum Gasteiger partial charge on any atom is -0.392 e. The molecule has 135 heavy (non-hydrogen) atoms. The zero-order valence-electron chi connectivity index (χ0n) is 84.7. The zero-order valence-corrected chi connectivity index (χ0v) is 84.7. The number of benzene rings is 5. The number of fused-ring (bicyclic) bond motifs is 2. The number of unbranched alkanes of at least 4 members (excludes halogenated alkanes) is 2. The van der Waals surface area contributed by atoms with Gasteiger partial charge in [-0.3, -0.25) is 29.2 Å². The molecule has 3 fully saturated rings. The Bertz CT molecular complexity index is 3240. The fourth-order valence-corrected chi connectivity index (χ4v) is 11.1. The van der Waals surface area contributed by atoms with Crippen LogP contribution in [0.2, 0.25) is 0 Å². The smallest absolute Gasteiger partial charge is 0.242 e. The number of amides is 4. The van der Waals surface area contributed by atoms with E-state index in [1.54, 1.807) is 14.1 Å². The summed E-state index contributed by atoms with van der Waals surface area (Å²) >= 11 is 0. The number of aliphatic hydroxyl groups is 1. The van der Waals surface area contributed by atoms with Crippen LogP contribution in [0, 0.1) is 11.8 Å². The van der Waals surface area contributed by atoms with Crippen LogP contribution in [-0.2, 0) is 99.2 Å². The van der Waals surface area contributed by atoms with Crippen LogP contribution in [0.15, 0.2) is 162 Å². The van der Waals surface area contributed by atoms with Gasteiger partial charge in [0.25, 0.3) is 0 Å². The van der Waals surface area contributed by atoms with Gasteiger partial charge in [-0.05, 0) is 96.9 Å². The summed E-state index contributed by atoms with van der Waals surface area (Å²) < 4.78 is 0. The quantitative estimate of drug-likeness (QED) is 0.0203. The largest absolute Gasteiger partial charge is 0.392 e. The van der Waals surface area contributed by atoms with Gasteiger partial charge in [0, 0.05) is 94.6 Å². The zero-order chi connectivity index (χ0) is 94.0. The van der Waals surface area contributed by atoms with Crippen molar-refractivity contribution < 1.29 is 72.2 Å². The van der Waals surface area contributed by atoms with Crippen molar-refractivity contribution in [3.05, 3.63) is 180 Å². The third kappa shape index (κ3) is 116. The number of β-amino-alcohol motifs (C(OH)–C–C–N with tert-alkyl or cyclic N) is 1. The summed E-state index contributed by atoms with van der Waals surface area (Å²) in [7, 11) is 3.12. The van der Waals surface area contributed by atoms with Crippen molar-refractivity contribution in [2.45, 2.75) is 222 Å². The monoisotopic (exact) mass is 1930 g/mol. The number of guanidine groups is 2. The first-order valence-corrected chi connectivity index (χ1v) is 39.9. The highest BCUT2D eigenvalue weighted by atomic mass is 16.3. The molecular weight excluding hydrogens is 1740 g/mol. The van der Waals surface area contributed by atoms with Crippen LogP contribution < -0.4 is 142 Å². The summed E-state index contributed by atoms with van der Waals surface area (Å²) in [6, 6.07) is 45.4. The molecule has 0 unspecified atom stereocenters. The number of aliphatic imine (C=N–C) groups is 2. The minimum absolute atomic E-state index is 0. The van der Waals surface area contributed by atoms with Gasteiger partial charge < -0.3 is 205 Å². The Kier molecular flexibility index (Phi) is 215. The van der Waals surface area contributed by atoms with Gasteiger partial charge in [0.15, 0.2) is 11.9 Å². The van der Waals surface area contributed by atoms with Crippen LogP contribution in [-0.4, -0.2) is 177 Å². The number of aliphatic hydroxyl groups excluding tert-OH is 1. The van der Waals surface area contributed by atoms with E-state index in [0.29, 0.717) is 12.8 Å². The maximum atomic E-state index is 11.5. The molecule has 43 heteroatoms. The van der Waals surface area contributed by atoms with Gasteiger partial charge in [-0.2, -0.15) is 0 Å². The number of para-hydroxylation sites is 2. The van der Waals surface area contributed by atoms with Crippen molar-refractivity contribution in [3.63, 3.8) is 0 Å². The lowest BCUT2D eigenvalue weighted by molar-refractivity contribution is -0.127. The highest BCUT2D eigenvalue weighted by molar-refractivity contribution is 5.88. The molecule has 0 bridgehead atoms. The number of hydrogen-bond acceptors (Lipinski definition) is 33. The van der Waals surface area contributed by atoms with Crippen LogP contribution in [0.1, 0.15) is 199 Å². The molecule has 2 saturated carbocycles. The van der Waals surface area contributed by atoms with Crippen LogP contribution in [0.25, 0.3) is 21.8 Å². The number of carbonyl (C=O) groups excluding carboxylic acids is 14. The second kappa shape index (κ2) is 153. The first-order valence-electron chi connectivity index (χ1n) is 39.9. The number of aromatic nitrogens is 2. The van der Waals surface area contributed by atoms with E-state index in [4.69, 9.17) is 76.0 Å². The average Bonchev–Trinajstić information content (AvgIpc) is 1.70. The lowest BCUT2D eigenvalue weighted by Gasteiger charge is -2.18. The molecule has 1 aliphatic heterocycles. The Hall–Kier alpha value is -12.4. The van der Waals surface area contributed by atoms with E-state index >= 15 is 0 Å². The first kappa shape index (κ1) is 190. The normalized spacial score (nSPS) is 10.7. The van der Waals surface area contributed by atoms with E-state index in [1.807, 2.05) is 135 Å². The molecular formula is C92H196N28O15. The number of H-pyrrole nitrogens is 2. The van der Waals surface area contributed by atoms with Crippen molar-refractivity contribution in [3.8, 4) is 0 Å². The highest BCUT2D eigenvalue weighted by Crippen LogP contribution is 2.26. The lowest BCUT2D eigenvalue weighted by atomic mass is 9.88. The van der Waals surface area contributed by atoms with E-state index in [2.05, 4.69) is 180 Å². The Labute approximate surface area is 809 Å². The molecule has 2 aromatic heterocycles. The predicted molar refractivity (Wildman–Crippen MR) is 570 cm³/mol. The molecule has 2 aliphatic carbocycles. The van der Waals surface area contributed by atoms with Crippen LogP contribution >= 0.6 is 0 Å². The molecule has 61 N–H and O–H groups in total. The molecule has 7 aromatic rings. The Morgan fingerprint density at radius 3 is 0.822 bits per heavy atom. The number of rotatable bonds is 19. The topological polar surface area (TPSA) is 1000 Å². The van der Waals surface area contributed by atoms with Crippen molar-refractivity contribution in [2.75, 3.05) is 40.3 Å². The fourth-order valence-electron chi connectivity index (χ4n) is 11.1. The number of nitrogens with two attached hydrogens (primary N) is 4. The molecule has 5 aromatic carbocycles. The minimum atomic E-state index is -0.509. The van der Waals surface area contributed by atoms with Gasteiger partial charge in [0.1, 0.15) is 80.0 Å². The average molecular weight is 1930 g/mol. The highest BCUT2D eigenvalue weighted by Gasteiger charge is 2.20. The summed E-state index contributed by atoms with van der Waals surface area (Å²) in [5, 5.41) is 24.7. The molecule has 3 atom stereocenters. The van der Waals surface area contributed by atoms with Gasteiger partial charge in [-0.1, -0.05) is 266 Å². The van der Waals surface area contributed by atoms with Gasteiger partial charge in [0.2, 0.25) is 23.6 Å². The van der Waals surface area contributed by atoms with E-state index in [0.717, 1.165) is 101 Å². The van der Waals surface area contributed by atoms with Crippen LogP contribution in [0.5, 0.6) is 0 Å². The molecule has 4 amide bonds. The molecule has 794 valence electrons. The summed E-state index contributed by atoms with van der Waals surface area (Å²) in [6.45, 7) is 41.5. The SMILES string of the molecule is C=O.C=O.C=O.C=O.C=O.C=O.C=O.C=O.C=O.C=O.CCC1CCCCC1.CCC1CCCCC1.CCCCN=C(N)N.CCCCN=C(N)N.CCc1c[nH]c2ccccc12.CCc1c[nH]c2ccccc12.CCc1ccccc1.CNC(=O)[C@H](Cc1ccccc1)NC(C)=O.CNC(=O)[C@H](Cc1ccccc1)NC(C)=O.N.N.N.N.N.N.N.N.N.N.N.N.N.N.N.O[C@@H]1CCNC1. The number of nitrogens with one attached hydrogen (secondary N) is 7. The molecule has 1 saturated heterocycles. The summed E-state index contributed by atoms with van der Waals surface area (Å²) in [5.74, 6) is 1.79. The standard InChI is InChI=1S/2C12H16N2O2.2C10H11N.2C8H16.C8H10.2C5H13N3.C4H9NO.10CH2O.15H3N/c2*1-9(15)14-11(12(16)13-2)8-10-6-4-3-5-7-10;2*1-2-8-7-11-10-6-4-3-5-9(8)10;3*1-2-8-6-4-3-5-7-8;2*1-2-3-4-8-5(6)7;6-4-1-2-5-3-4;10*1-2;;;;;;;;;;;;;;;/h2*3-7,11H,8H2,1-2H3,(H,13,16)(H,14,15);2*3-7,11H,2H2,1H3;2*8H,2-7H2,1H3;3-7H,2H2,1H3;2*2-4H2,1H3,(H4,6,7,8);4-6H,1-3H2;10*1H2;15*1H3/t2*11-;;;;;;;;4-;;;;;;;;;;;;;;;;;;;;;;;;;/m00.......1........................./s1. The number of likely N-dealkylation sites (N-methyl/N-ethyl adjacent to an activating group) is 2. The molecule has 10 rings (SSSR count). The van der Waals surface area contributed by atoms with Crippen molar-refractivity contribution in [1.82, 2.24) is 129 Å². The number of aromatic amines is 2. The van der Waals surface area contributed by atoms with Crippen LogP contribution in [0.4, 0.5) is 0 Å². The van der Waals surface area contributed by atoms with E-state index in [1.165, 1.54) is 129 Å². The van der Waals surface area contributed by atoms with Crippen molar-refractivity contribution >= 4 is 125 Å². The molecule has 0 spiro atoms. The summed E-state index contributed by atoms with van der Waals surface area (Å²) in [6.07, 6.45) is 31.7. The fraction of sp³-hybridized carbons (Fsp3) is 0.457. The third-order valence-corrected chi connectivity index (χ3v) is 17.1. The van der Waals surface area contributed by atoms with Gasteiger partial charge in [-0.25, -0.2) is 0 Å². The number of carbonyl (C=O) groups is 14. The molecule has 0 radical (unpaired) electrons. The maximum absolute atomic E-state index is 11.5. The van der Waals surface area contributed by atoms with E-state index in [9.17, 15) is 19.2 Å². The van der Waals surface area contributed by atoms with E-state index in [-0.39, 0.29) is 134 Å². The second-order valence-electron chi connectivity index (χ2n) is 25.2. The maximum Gasteiger partial charge on any atom is 0.242 e. The molecule has 3 aliphatic rings. The molecule has 3 heterocycles. The van der Waals surface area contributed by atoms with Crippen LogP contribution in [0.3, 0.4) is 0 Å². The first-order chi connectivity index (χ1) is 58.3. The number of nitrogens with zero attached hydrogens (tertiary/aromatic N) is 2. The van der Waals surface area contributed by atoms with Gasteiger partial charge in [0.05, 0.1) is 6.10 Å². The number of hydrogen-bond donors (Lipinski definition) is 27. The molecule has 43 nitrogen and oxygen atoms in total. The summed E-state index contributed by atoms with van der Waals surface area (Å²) in [4.78, 5) is 139. The Balaban J connectivity index is -0.0000000422. The Morgan fingerprint density at radius 2 is 0.637 bits per heavy atom. The van der Waals surface area contributed by atoms with Crippen molar-refractivity contribution in [1.29, 1.82) is 0 Å². The third-order valence-electron chi connectivity index (χ3n) is 17.1. The Morgan fingerprint density at radius 1 is 0.378 bits per heavy atom. The second-order valence-corrected chi connectivity index (χ2v) is 25.2. The van der Waals surface area contributed by atoms with Gasteiger partial charge >= 0.3 is 0 Å². The lowest BCUT2D eigenvalue weighted by Crippen LogP contribution is -2.46. The number of aryl methyl sites for hydroxylation is 3. The predicted octanol–water partition coefficient (Wildman–Crippen LogP) is 14.7.